The molecule has 0 bridgehead atoms. The van der Waals surface area contributed by atoms with Crippen molar-refractivity contribution in [2.75, 3.05) is 9.80 Å². The van der Waals surface area contributed by atoms with Crippen LogP contribution in [0.5, 0.6) is 0 Å². The molecule has 0 saturated heterocycles. The first-order valence-corrected chi connectivity index (χ1v) is 26.8. The van der Waals surface area contributed by atoms with Crippen LogP contribution < -0.4 is 9.80 Å². The van der Waals surface area contributed by atoms with E-state index in [9.17, 15) is 0 Å². The lowest BCUT2D eigenvalue weighted by Crippen LogP contribution is -2.14. The molecule has 2 aromatic heterocycles. The van der Waals surface area contributed by atoms with Crippen LogP contribution in [0, 0.1) is 0 Å². The maximum Gasteiger partial charge on any atom is 0.0640 e. The molecule has 0 aliphatic heterocycles. The van der Waals surface area contributed by atoms with E-state index in [1.807, 2.05) is 22.7 Å². The predicted octanol–water partition coefficient (Wildman–Crippen LogP) is 21.2. The molecule has 0 N–H and O–H groups in total. The van der Waals surface area contributed by atoms with Gasteiger partial charge in [0.1, 0.15) is 0 Å². The largest absolute Gasteiger partial charge is 0.308 e. The van der Waals surface area contributed by atoms with Gasteiger partial charge in [-0.15, -0.1) is 22.7 Å². The second-order valence-corrected chi connectivity index (χ2v) is 20.9. The van der Waals surface area contributed by atoms with E-state index >= 15 is 0 Å². The lowest BCUT2D eigenvalue weighted by Gasteiger charge is -2.33. The summed E-state index contributed by atoms with van der Waals surface area (Å²) in [6, 6.07) is 103. The van der Waals surface area contributed by atoms with Crippen LogP contribution in [0.25, 0.3) is 95.6 Å². The molecule has 348 valence electrons. The van der Waals surface area contributed by atoms with Gasteiger partial charge in [-0.1, -0.05) is 218 Å². The Morgan fingerprint density at radius 3 is 1.12 bits per heavy atom. The number of para-hydroxylation sites is 2. The molecule has 2 nitrogen and oxygen atoms in total. The van der Waals surface area contributed by atoms with Crippen molar-refractivity contribution in [2.24, 2.45) is 0 Å². The van der Waals surface area contributed by atoms with Crippen molar-refractivity contribution in [2.45, 2.75) is 0 Å². The summed E-state index contributed by atoms with van der Waals surface area (Å²) < 4.78 is 5.02. The van der Waals surface area contributed by atoms with Crippen molar-refractivity contribution in [3.05, 3.63) is 279 Å². The molecule has 0 amide bonds. The third-order valence-corrected chi connectivity index (χ3v) is 16.8. The summed E-state index contributed by atoms with van der Waals surface area (Å²) in [7, 11) is 0. The number of nitrogens with zero attached hydrogens (tertiary/aromatic N) is 2. The van der Waals surface area contributed by atoms with Gasteiger partial charge >= 0.3 is 0 Å². The smallest absolute Gasteiger partial charge is 0.0640 e. The van der Waals surface area contributed by atoms with Gasteiger partial charge in [-0.2, -0.15) is 0 Å². The van der Waals surface area contributed by atoms with E-state index in [0.29, 0.717) is 0 Å². The summed E-state index contributed by atoms with van der Waals surface area (Å²) in [5.41, 5.74) is 15.9. The Hall–Kier alpha value is -9.06. The zero-order valence-corrected chi connectivity index (χ0v) is 41.9. The highest BCUT2D eigenvalue weighted by molar-refractivity contribution is 7.26. The standard InChI is InChI=1S/C70H46N2S2/c1-5-23-47(24-6-1)51-43-52-44-59(50-29-11-4-12-30-50)66(72(62-38-18-14-32-54(62)49-27-9-3-10-28-49)64-40-22-36-58-56-34-16-20-42-68(56)74-70(58)64)46-60(52)65(45-51)71(61-37-17-13-31-53(61)48-25-7-2-8-26-48)63-39-21-35-57-55-33-15-19-41-67(55)73-69(57)63/h1-46H. The van der Waals surface area contributed by atoms with Crippen LogP contribution >= 0.6 is 22.7 Å². The summed E-state index contributed by atoms with van der Waals surface area (Å²) in [6.07, 6.45) is 0. The molecule has 0 saturated carbocycles. The Kier molecular flexibility index (Phi) is 10.9. The number of benzene rings is 12. The second-order valence-electron chi connectivity index (χ2n) is 18.8. The van der Waals surface area contributed by atoms with E-state index in [0.717, 1.165) is 89.4 Å². The van der Waals surface area contributed by atoms with Gasteiger partial charge in [0.15, 0.2) is 0 Å². The molecule has 0 atom stereocenters. The van der Waals surface area contributed by atoms with Crippen LogP contribution in [0.15, 0.2) is 279 Å². The molecule has 0 unspecified atom stereocenters. The first-order chi connectivity index (χ1) is 36.7. The molecule has 12 aromatic carbocycles. The molecule has 0 fully saturated rings. The maximum atomic E-state index is 2.57. The highest BCUT2D eigenvalue weighted by atomic mass is 32.1. The molecule has 14 rings (SSSR count). The van der Waals surface area contributed by atoms with Gasteiger partial charge < -0.3 is 9.80 Å². The van der Waals surface area contributed by atoms with Crippen LogP contribution in [-0.2, 0) is 0 Å². The number of hydrogen-bond donors (Lipinski definition) is 0. The Balaban J connectivity index is 1.15. The quantitative estimate of drug-likeness (QED) is 0.135. The summed E-state index contributed by atoms with van der Waals surface area (Å²) in [6.45, 7) is 0. The van der Waals surface area contributed by atoms with E-state index in [4.69, 9.17) is 0 Å². The average Bonchev–Trinajstić information content (AvgIpc) is 4.06. The van der Waals surface area contributed by atoms with Crippen molar-refractivity contribution in [1.82, 2.24) is 0 Å². The lowest BCUT2D eigenvalue weighted by molar-refractivity contribution is 1.30. The zero-order valence-electron chi connectivity index (χ0n) is 40.3. The van der Waals surface area contributed by atoms with Gasteiger partial charge in [0.25, 0.3) is 0 Å². The highest BCUT2D eigenvalue weighted by Gasteiger charge is 2.28. The van der Waals surface area contributed by atoms with E-state index in [1.165, 1.54) is 40.3 Å². The third-order valence-electron chi connectivity index (χ3n) is 14.4. The monoisotopic (exact) mass is 978 g/mol. The highest BCUT2D eigenvalue weighted by Crippen LogP contribution is 2.54. The van der Waals surface area contributed by atoms with Gasteiger partial charge in [0.2, 0.25) is 0 Å². The fourth-order valence-electron chi connectivity index (χ4n) is 11.1. The molecule has 74 heavy (non-hydrogen) atoms. The van der Waals surface area contributed by atoms with Crippen LogP contribution in [0.3, 0.4) is 0 Å². The summed E-state index contributed by atoms with van der Waals surface area (Å²) in [4.78, 5) is 5.13. The van der Waals surface area contributed by atoms with E-state index in [2.05, 4.69) is 289 Å². The number of fused-ring (bicyclic) bond motifs is 7. The first kappa shape index (κ1) is 43.7. The van der Waals surface area contributed by atoms with Crippen molar-refractivity contribution in [3.63, 3.8) is 0 Å². The van der Waals surface area contributed by atoms with Crippen molar-refractivity contribution >= 4 is 108 Å². The van der Waals surface area contributed by atoms with Gasteiger partial charge in [0.05, 0.1) is 43.5 Å². The molecular weight excluding hydrogens is 933 g/mol. The first-order valence-electron chi connectivity index (χ1n) is 25.2. The van der Waals surface area contributed by atoms with Crippen molar-refractivity contribution < 1.29 is 0 Å². The summed E-state index contributed by atoms with van der Waals surface area (Å²) in [5, 5.41) is 7.32. The maximum absolute atomic E-state index is 2.57. The SMILES string of the molecule is c1ccc(-c2cc(N(c3ccccc3-c3ccccc3)c3cccc4c3sc3ccccc34)c3cc(N(c4ccccc4-c4ccccc4)c4cccc5c4sc4ccccc45)c(-c4ccccc4)cc3c2)cc1. The topological polar surface area (TPSA) is 6.48 Å². The number of hydrogen-bond acceptors (Lipinski definition) is 4. The third kappa shape index (κ3) is 7.54. The van der Waals surface area contributed by atoms with E-state index in [-0.39, 0.29) is 0 Å². The van der Waals surface area contributed by atoms with E-state index in [1.54, 1.807) is 0 Å². The zero-order chi connectivity index (χ0) is 49.0. The fourth-order valence-corrected chi connectivity index (χ4v) is 13.5. The number of thiophene rings is 2. The molecule has 0 spiro atoms. The van der Waals surface area contributed by atoms with Gasteiger partial charge in [-0.05, 0) is 93.9 Å². The van der Waals surface area contributed by atoms with Crippen molar-refractivity contribution in [3.8, 4) is 44.5 Å². The van der Waals surface area contributed by atoms with E-state index < -0.39 is 0 Å². The summed E-state index contributed by atoms with van der Waals surface area (Å²) in [5.74, 6) is 0. The molecule has 0 aliphatic carbocycles. The lowest BCUT2D eigenvalue weighted by atomic mass is 9.92. The fraction of sp³-hybridized carbons (Fsp3) is 0. The second kappa shape index (κ2) is 18.5. The van der Waals surface area contributed by atoms with Gasteiger partial charge in [-0.25, -0.2) is 0 Å². The minimum Gasteiger partial charge on any atom is -0.308 e. The van der Waals surface area contributed by atoms with Crippen LogP contribution in [0.2, 0.25) is 0 Å². The minimum absolute atomic E-state index is 1.09. The van der Waals surface area contributed by atoms with Gasteiger partial charge in [-0.3, -0.25) is 0 Å². The molecule has 0 radical (unpaired) electrons. The Morgan fingerprint density at radius 2 is 0.608 bits per heavy atom. The molecular formula is C70H46N2S2. The molecule has 0 aliphatic rings. The van der Waals surface area contributed by atoms with Gasteiger partial charge in [0, 0.05) is 53.0 Å². The Morgan fingerprint density at radius 1 is 0.216 bits per heavy atom. The Labute approximate surface area is 438 Å². The summed E-state index contributed by atoms with van der Waals surface area (Å²) >= 11 is 3.74. The Bertz CT molecular complexity index is 4370. The van der Waals surface area contributed by atoms with Crippen LogP contribution in [-0.4, -0.2) is 0 Å². The molecule has 14 aromatic rings. The number of anilines is 6. The molecule has 2 heterocycles. The van der Waals surface area contributed by atoms with Crippen LogP contribution in [0.1, 0.15) is 0 Å². The predicted molar refractivity (Wildman–Crippen MR) is 321 cm³/mol. The van der Waals surface area contributed by atoms with Crippen molar-refractivity contribution in [1.29, 1.82) is 0 Å². The van der Waals surface area contributed by atoms with Crippen LogP contribution in [0.4, 0.5) is 34.1 Å². The minimum atomic E-state index is 1.09. The molecule has 4 heteroatoms. The average molecular weight is 979 g/mol. The normalized spacial score (nSPS) is 11.5. The number of rotatable bonds is 10.